The zero-order valence-electron chi connectivity index (χ0n) is 18.0. The molecule has 7 heteroatoms. The number of hydrogen-bond acceptors (Lipinski definition) is 6. The molecule has 0 atom stereocenters. The van der Waals surface area contributed by atoms with Gasteiger partial charge in [0.05, 0.1) is 24.7 Å². The van der Waals surface area contributed by atoms with Crippen molar-refractivity contribution in [2.24, 2.45) is 0 Å². The summed E-state index contributed by atoms with van der Waals surface area (Å²) in [5.41, 5.74) is 3.10. The van der Waals surface area contributed by atoms with Gasteiger partial charge in [-0.15, -0.1) is 0 Å². The van der Waals surface area contributed by atoms with Crippen LogP contribution in [-0.4, -0.2) is 33.9 Å². The van der Waals surface area contributed by atoms with Gasteiger partial charge in [-0.2, -0.15) is 0 Å². The van der Waals surface area contributed by atoms with Crippen molar-refractivity contribution < 1.29 is 22.3 Å². The van der Waals surface area contributed by atoms with E-state index in [0.29, 0.717) is 40.8 Å². The van der Waals surface area contributed by atoms with Crippen LogP contribution in [0.5, 0.6) is 11.5 Å². The topological polar surface area (TPSA) is 78.6 Å². The van der Waals surface area contributed by atoms with E-state index in [1.807, 2.05) is 48.5 Å². The number of nitrogens with zero attached hydrogens (tertiary/aromatic N) is 1. The Bertz CT molecular complexity index is 1330. The first-order valence-corrected chi connectivity index (χ1v) is 11.8. The fraction of sp³-hybridized carbons (Fsp3) is 0.160. The summed E-state index contributed by atoms with van der Waals surface area (Å²) < 4.78 is 40.9. The zero-order chi connectivity index (χ0) is 22.7. The van der Waals surface area contributed by atoms with Gasteiger partial charge in [-0.1, -0.05) is 42.5 Å². The van der Waals surface area contributed by atoms with Crippen molar-refractivity contribution in [3.05, 3.63) is 84.3 Å². The smallest absolute Gasteiger partial charge is 0.199 e. The Labute approximate surface area is 187 Å². The fourth-order valence-electron chi connectivity index (χ4n) is 3.44. The highest BCUT2D eigenvalue weighted by molar-refractivity contribution is 7.90. The van der Waals surface area contributed by atoms with Crippen LogP contribution in [0.2, 0.25) is 0 Å². The van der Waals surface area contributed by atoms with E-state index in [9.17, 15) is 8.42 Å². The number of ether oxygens (including phenoxy) is 2. The molecule has 0 saturated carbocycles. The molecule has 32 heavy (non-hydrogen) atoms. The average Bonchev–Trinajstić information content (AvgIpc) is 3.22. The Kier molecular flexibility index (Phi) is 6.01. The minimum atomic E-state index is -3.30. The first kappa shape index (κ1) is 21.6. The van der Waals surface area contributed by atoms with Crippen LogP contribution >= 0.6 is 0 Å². The largest absolute Gasteiger partial charge is 0.497 e. The van der Waals surface area contributed by atoms with Gasteiger partial charge in [-0.25, -0.2) is 13.4 Å². The van der Waals surface area contributed by atoms with Crippen molar-refractivity contribution in [1.82, 2.24) is 4.98 Å². The second-order valence-electron chi connectivity index (χ2n) is 7.31. The summed E-state index contributed by atoms with van der Waals surface area (Å²) in [6.45, 7) is 0. The third-order valence-corrected chi connectivity index (χ3v) is 6.21. The van der Waals surface area contributed by atoms with Crippen molar-refractivity contribution in [3.8, 4) is 34.1 Å². The van der Waals surface area contributed by atoms with Gasteiger partial charge in [0.25, 0.3) is 0 Å². The molecule has 4 rings (SSSR count). The molecule has 0 radical (unpaired) electrons. The molecule has 0 fully saturated rings. The van der Waals surface area contributed by atoms with Crippen molar-refractivity contribution >= 4 is 9.84 Å². The van der Waals surface area contributed by atoms with Gasteiger partial charge in [0, 0.05) is 18.2 Å². The third-order valence-electron chi connectivity index (χ3n) is 5.08. The number of hydrogen-bond donors (Lipinski definition) is 0. The molecular weight excluding hydrogens is 426 g/mol. The van der Waals surface area contributed by atoms with Crippen LogP contribution in [0, 0.1) is 0 Å². The molecule has 0 saturated heterocycles. The SMILES string of the molecule is COc1ccc(OC)c(-c2oc(Cc3ccccc3)nc2-c2ccc(S(C)(=O)=O)cc2)c1. The van der Waals surface area contributed by atoms with Crippen LogP contribution < -0.4 is 9.47 Å². The molecule has 3 aromatic carbocycles. The number of methoxy groups -OCH3 is 2. The number of benzene rings is 3. The van der Waals surface area contributed by atoms with Crippen LogP contribution in [0.3, 0.4) is 0 Å². The Hall–Kier alpha value is -3.58. The van der Waals surface area contributed by atoms with Crippen molar-refractivity contribution in [2.45, 2.75) is 11.3 Å². The van der Waals surface area contributed by atoms with Crippen LogP contribution in [-0.2, 0) is 16.3 Å². The van der Waals surface area contributed by atoms with E-state index in [0.717, 1.165) is 11.1 Å². The molecule has 0 aliphatic carbocycles. The first-order chi connectivity index (χ1) is 15.4. The summed E-state index contributed by atoms with van der Waals surface area (Å²) in [7, 11) is -0.114. The number of aromatic nitrogens is 1. The van der Waals surface area contributed by atoms with E-state index >= 15 is 0 Å². The second kappa shape index (κ2) is 8.88. The van der Waals surface area contributed by atoms with Crippen molar-refractivity contribution in [3.63, 3.8) is 0 Å². The van der Waals surface area contributed by atoms with Crippen LogP contribution in [0.1, 0.15) is 11.5 Å². The molecule has 1 aromatic heterocycles. The zero-order valence-corrected chi connectivity index (χ0v) is 18.8. The van der Waals surface area contributed by atoms with Gasteiger partial charge < -0.3 is 13.9 Å². The van der Waals surface area contributed by atoms with Gasteiger partial charge in [0.15, 0.2) is 21.5 Å². The van der Waals surface area contributed by atoms with Gasteiger partial charge in [-0.05, 0) is 35.9 Å². The molecule has 1 heterocycles. The van der Waals surface area contributed by atoms with Gasteiger partial charge in [0.1, 0.15) is 17.2 Å². The number of rotatable bonds is 7. The second-order valence-corrected chi connectivity index (χ2v) is 9.33. The Morgan fingerprint density at radius 1 is 0.906 bits per heavy atom. The van der Waals surface area contributed by atoms with Crippen LogP contribution in [0.15, 0.2) is 82.1 Å². The van der Waals surface area contributed by atoms with Crippen molar-refractivity contribution in [1.29, 1.82) is 0 Å². The lowest BCUT2D eigenvalue weighted by atomic mass is 10.0. The predicted molar refractivity (Wildman–Crippen MR) is 123 cm³/mol. The number of oxazole rings is 1. The summed E-state index contributed by atoms with van der Waals surface area (Å²) >= 11 is 0. The van der Waals surface area contributed by atoms with Crippen LogP contribution in [0.25, 0.3) is 22.6 Å². The van der Waals surface area contributed by atoms with E-state index < -0.39 is 9.84 Å². The van der Waals surface area contributed by atoms with Gasteiger partial charge in [0.2, 0.25) is 0 Å². The Balaban J connectivity index is 1.86. The quantitative estimate of drug-likeness (QED) is 0.394. The van der Waals surface area contributed by atoms with E-state index in [2.05, 4.69) is 0 Å². The maximum absolute atomic E-state index is 11.9. The highest BCUT2D eigenvalue weighted by Crippen LogP contribution is 2.40. The molecule has 6 nitrogen and oxygen atoms in total. The lowest BCUT2D eigenvalue weighted by molar-refractivity contribution is 0.402. The van der Waals surface area contributed by atoms with Crippen molar-refractivity contribution in [2.75, 3.05) is 20.5 Å². The van der Waals surface area contributed by atoms with E-state index in [1.54, 1.807) is 38.5 Å². The average molecular weight is 450 g/mol. The molecule has 0 aliphatic rings. The molecular formula is C25H23NO5S. The Morgan fingerprint density at radius 2 is 1.62 bits per heavy atom. The van der Waals surface area contributed by atoms with E-state index in [4.69, 9.17) is 18.9 Å². The summed E-state index contributed by atoms with van der Waals surface area (Å²) in [6, 6.07) is 22.0. The maximum atomic E-state index is 11.9. The molecule has 0 amide bonds. The molecule has 4 aromatic rings. The fourth-order valence-corrected chi connectivity index (χ4v) is 4.07. The summed E-state index contributed by atoms with van der Waals surface area (Å²) in [5.74, 6) is 2.33. The van der Waals surface area contributed by atoms with Gasteiger partial charge in [-0.3, -0.25) is 0 Å². The molecule has 164 valence electrons. The molecule has 0 spiro atoms. The minimum Gasteiger partial charge on any atom is -0.497 e. The summed E-state index contributed by atoms with van der Waals surface area (Å²) in [6.07, 6.45) is 1.70. The first-order valence-electron chi connectivity index (χ1n) is 9.95. The highest BCUT2D eigenvalue weighted by Gasteiger charge is 2.21. The summed E-state index contributed by atoms with van der Waals surface area (Å²) in [4.78, 5) is 5.01. The Morgan fingerprint density at radius 3 is 2.25 bits per heavy atom. The highest BCUT2D eigenvalue weighted by atomic mass is 32.2. The molecule has 0 aliphatic heterocycles. The van der Waals surface area contributed by atoms with E-state index in [-0.39, 0.29) is 4.90 Å². The summed E-state index contributed by atoms with van der Waals surface area (Å²) in [5, 5.41) is 0. The number of sulfone groups is 1. The monoisotopic (exact) mass is 449 g/mol. The normalized spacial score (nSPS) is 11.3. The van der Waals surface area contributed by atoms with E-state index in [1.165, 1.54) is 6.26 Å². The lowest BCUT2D eigenvalue weighted by Crippen LogP contribution is -1.96. The minimum absolute atomic E-state index is 0.245. The van der Waals surface area contributed by atoms with Crippen LogP contribution in [0.4, 0.5) is 0 Å². The molecule has 0 bridgehead atoms. The maximum Gasteiger partial charge on any atom is 0.199 e. The molecule has 0 N–H and O–H groups in total. The molecule has 0 unspecified atom stereocenters. The third kappa shape index (κ3) is 4.53. The standard InChI is InChI=1S/C25H23NO5S/c1-29-19-11-14-22(30-2)21(16-19)25-24(18-9-12-20(13-10-18)32(3,27)28)26-23(31-25)15-17-7-5-4-6-8-17/h4-14,16H,15H2,1-3H3. The predicted octanol–water partition coefficient (Wildman–Crippen LogP) is 5.02. The van der Waals surface area contributed by atoms with Gasteiger partial charge >= 0.3 is 0 Å². The lowest BCUT2D eigenvalue weighted by Gasteiger charge is -2.10.